The number of ether oxygens (including phenoxy) is 1. The molecule has 2 aromatic rings. The van der Waals surface area contributed by atoms with Crippen LogP contribution in [0.25, 0.3) is 10.2 Å². The van der Waals surface area contributed by atoms with Crippen molar-refractivity contribution in [3.05, 3.63) is 24.3 Å². The standard InChI is InChI=1S/C16H20N2O2S2/c1-20-10-12-5-4-8-18(9-12)15(19)11-21-16-17-13-6-2-3-7-14(13)22-16/h2-3,6-7,12H,4-5,8-11H2,1H3. The van der Waals surface area contributed by atoms with Crippen molar-refractivity contribution in [1.82, 2.24) is 9.88 Å². The van der Waals surface area contributed by atoms with Crippen LogP contribution < -0.4 is 0 Å². The predicted octanol–water partition coefficient (Wildman–Crippen LogP) is 3.27. The summed E-state index contributed by atoms with van der Waals surface area (Å²) in [6.45, 7) is 2.45. The van der Waals surface area contributed by atoms with Crippen LogP contribution in [0.4, 0.5) is 0 Å². The number of benzene rings is 1. The highest BCUT2D eigenvalue weighted by molar-refractivity contribution is 8.01. The SMILES string of the molecule is COCC1CCCN(C(=O)CSc2nc3ccccc3s2)C1. The molecule has 1 aromatic heterocycles. The van der Waals surface area contributed by atoms with E-state index in [9.17, 15) is 4.79 Å². The lowest BCUT2D eigenvalue weighted by molar-refractivity contribution is -0.130. The van der Waals surface area contributed by atoms with Gasteiger partial charge >= 0.3 is 0 Å². The molecule has 1 aliphatic rings. The number of para-hydroxylation sites is 1. The van der Waals surface area contributed by atoms with Crippen LogP contribution in [0.5, 0.6) is 0 Å². The van der Waals surface area contributed by atoms with Gasteiger partial charge in [0.1, 0.15) is 0 Å². The maximum atomic E-state index is 12.4. The molecule has 0 N–H and O–H groups in total. The fourth-order valence-corrected chi connectivity index (χ4v) is 4.76. The van der Waals surface area contributed by atoms with E-state index in [2.05, 4.69) is 11.1 Å². The molecule has 1 aliphatic heterocycles. The lowest BCUT2D eigenvalue weighted by Crippen LogP contribution is -2.42. The first-order valence-corrected chi connectivity index (χ1v) is 9.31. The van der Waals surface area contributed by atoms with E-state index in [4.69, 9.17) is 4.74 Å². The molecule has 2 heterocycles. The van der Waals surface area contributed by atoms with Crippen molar-refractivity contribution in [2.45, 2.75) is 17.2 Å². The van der Waals surface area contributed by atoms with E-state index in [0.717, 1.165) is 42.4 Å². The average Bonchev–Trinajstić information content (AvgIpc) is 2.96. The van der Waals surface area contributed by atoms with Gasteiger partial charge < -0.3 is 9.64 Å². The Bertz CT molecular complexity index is 609. The first-order valence-electron chi connectivity index (χ1n) is 7.51. The summed E-state index contributed by atoms with van der Waals surface area (Å²) in [4.78, 5) is 18.9. The summed E-state index contributed by atoms with van der Waals surface area (Å²) in [6, 6.07) is 8.09. The maximum Gasteiger partial charge on any atom is 0.233 e. The number of likely N-dealkylation sites (tertiary alicyclic amines) is 1. The minimum absolute atomic E-state index is 0.213. The zero-order chi connectivity index (χ0) is 15.4. The highest BCUT2D eigenvalue weighted by atomic mass is 32.2. The number of carbonyl (C=O) groups is 1. The number of carbonyl (C=O) groups excluding carboxylic acids is 1. The van der Waals surface area contributed by atoms with Crippen LogP contribution in [0.1, 0.15) is 12.8 Å². The Morgan fingerprint density at radius 1 is 1.50 bits per heavy atom. The summed E-state index contributed by atoms with van der Waals surface area (Å²) in [5.74, 6) is 1.17. The van der Waals surface area contributed by atoms with Gasteiger partial charge in [-0.3, -0.25) is 4.79 Å². The lowest BCUT2D eigenvalue weighted by Gasteiger charge is -2.32. The molecule has 1 amide bonds. The number of amides is 1. The number of piperidine rings is 1. The normalized spacial score (nSPS) is 18.8. The van der Waals surface area contributed by atoms with E-state index < -0.39 is 0 Å². The Balaban J connectivity index is 1.55. The summed E-state index contributed by atoms with van der Waals surface area (Å²) < 4.78 is 7.37. The molecule has 1 fully saturated rings. The summed E-state index contributed by atoms with van der Waals surface area (Å²) in [5, 5.41) is 0. The number of rotatable bonds is 5. The molecule has 0 radical (unpaired) electrons. The molecule has 1 atom stereocenters. The van der Waals surface area contributed by atoms with Gasteiger partial charge in [0.05, 0.1) is 22.6 Å². The Labute approximate surface area is 138 Å². The van der Waals surface area contributed by atoms with Crippen molar-refractivity contribution >= 4 is 39.2 Å². The van der Waals surface area contributed by atoms with Crippen LogP contribution in [-0.4, -0.2) is 48.4 Å². The number of thiazole rings is 1. The summed E-state index contributed by atoms with van der Waals surface area (Å²) in [7, 11) is 1.73. The molecule has 3 rings (SSSR count). The monoisotopic (exact) mass is 336 g/mol. The van der Waals surface area contributed by atoms with Gasteiger partial charge in [-0.2, -0.15) is 0 Å². The number of aromatic nitrogens is 1. The molecule has 4 nitrogen and oxygen atoms in total. The number of thioether (sulfide) groups is 1. The molecular formula is C16H20N2O2S2. The van der Waals surface area contributed by atoms with Crippen LogP contribution in [0.15, 0.2) is 28.6 Å². The Morgan fingerprint density at radius 2 is 2.36 bits per heavy atom. The van der Waals surface area contributed by atoms with Crippen LogP contribution in [0.3, 0.4) is 0 Å². The Morgan fingerprint density at radius 3 is 3.18 bits per heavy atom. The van der Waals surface area contributed by atoms with Crippen LogP contribution in [0.2, 0.25) is 0 Å². The van der Waals surface area contributed by atoms with E-state index in [-0.39, 0.29) is 5.91 Å². The third kappa shape index (κ3) is 3.80. The fourth-order valence-electron chi connectivity index (χ4n) is 2.79. The number of fused-ring (bicyclic) bond motifs is 1. The first-order chi connectivity index (χ1) is 10.8. The number of hydrogen-bond acceptors (Lipinski definition) is 5. The maximum absolute atomic E-state index is 12.4. The fraction of sp³-hybridized carbons (Fsp3) is 0.500. The molecule has 0 bridgehead atoms. The lowest BCUT2D eigenvalue weighted by atomic mass is 9.99. The second-order valence-corrected chi connectivity index (χ2v) is 7.79. The number of nitrogens with zero attached hydrogens (tertiary/aromatic N) is 2. The third-order valence-corrected chi connectivity index (χ3v) is 6.03. The predicted molar refractivity (Wildman–Crippen MR) is 91.5 cm³/mol. The van der Waals surface area contributed by atoms with Crippen molar-refractivity contribution in [1.29, 1.82) is 0 Å². The number of hydrogen-bond donors (Lipinski definition) is 0. The summed E-state index contributed by atoms with van der Waals surface area (Å²) in [6.07, 6.45) is 2.23. The van der Waals surface area contributed by atoms with E-state index in [0.29, 0.717) is 11.7 Å². The van der Waals surface area contributed by atoms with Crippen LogP contribution in [-0.2, 0) is 9.53 Å². The topological polar surface area (TPSA) is 42.4 Å². The minimum atomic E-state index is 0.213. The zero-order valence-corrected chi connectivity index (χ0v) is 14.3. The first kappa shape index (κ1) is 15.8. The second kappa shape index (κ2) is 7.44. The van der Waals surface area contributed by atoms with Crippen molar-refractivity contribution in [2.24, 2.45) is 5.92 Å². The molecule has 0 saturated carbocycles. The molecule has 118 valence electrons. The number of methoxy groups -OCH3 is 1. The third-order valence-electron chi connectivity index (χ3n) is 3.87. The molecule has 0 aliphatic carbocycles. The van der Waals surface area contributed by atoms with E-state index in [1.165, 1.54) is 4.70 Å². The summed E-state index contributed by atoms with van der Waals surface area (Å²) in [5.41, 5.74) is 1.01. The van der Waals surface area contributed by atoms with Gasteiger partial charge in [-0.1, -0.05) is 23.9 Å². The molecule has 1 aromatic carbocycles. The highest BCUT2D eigenvalue weighted by Crippen LogP contribution is 2.29. The van der Waals surface area contributed by atoms with Gasteiger partial charge in [-0.25, -0.2) is 4.98 Å². The second-order valence-electron chi connectivity index (χ2n) is 5.54. The van der Waals surface area contributed by atoms with Crippen molar-refractivity contribution in [2.75, 3.05) is 32.6 Å². The highest BCUT2D eigenvalue weighted by Gasteiger charge is 2.23. The van der Waals surface area contributed by atoms with Gasteiger partial charge in [0.25, 0.3) is 0 Å². The van der Waals surface area contributed by atoms with Gasteiger partial charge in [-0.05, 0) is 30.9 Å². The smallest absolute Gasteiger partial charge is 0.233 e. The van der Waals surface area contributed by atoms with E-state index in [1.54, 1.807) is 30.2 Å². The minimum Gasteiger partial charge on any atom is -0.384 e. The van der Waals surface area contributed by atoms with Crippen molar-refractivity contribution in [3.63, 3.8) is 0 Å². The Kier molecular flexibility index (Phi) is 5.33. The average molecular weight is 336 g/mol. The molecular weight excluding hydrogens is 316 g/mol. The van der Waals surface area contributed by atoms with Crippen LogP contribution in [0, 0.1) is 5.92 Å². The Hall–Kier alpha value is -1.11. The molecule has 1 unspecified atom stereocenters. The van der Waals surface area contributed by atoms with Gasteiger partial charge in [-0.15, -0.1) is 11.3 Å². The van der Waals surface area contributed by atoms with Crippen molar-refractivity contribution < 1.29 is 9.53 Å². The molecule has 1 saturated heterocycles. The largest absolute Gasteiger partial charge is 0.384 e. The summed E-state index contributed by atoms with van der Waals surface area (Å²) >= 11 is 3.20. The molecule has 0 spiro atoms. The van der Waals surface area contributed by atoms with Gasteiger partial charge in [0, 0.05) is 20.2 Å². The van der Waals surface area contributed by atoms with Gasteiger partial charge in [0.15, 0.2) is 4.34 Å². The quantitative estimate of drug-likeness (QED) is 0.786. The van der Waals surface area contributed by atoms with Crippen LogP contribution >= 0.6 is 23.1 Å². The van der Waals surface area contributed by atoms with Crippen molar-refractivity contribution in [3.8, 4) is 0 Å². The zero-order valence-electron chi connectivity index (χ0n) is 12.7. The molecule has 22 heavy (non-hydrogen) atoms. The van der Waals surface area contributed by atoms with E-state index >= 15 is 0 Å². The van der Waals surface area contributed by atoms with Gasteiger partial charge in [0.2, 0.25) is 5.91 Å². The van der Waals surface area contributed by atoms with E-state index in [1.807, 2.05) is 23.1 Å². The molecule has 6 heteroatoms.